The van der Waals surface area contributed by atoms with Gasteiger partial charge in [-0.3, -0.25) is 14.8 Å². The summed E-state index contributed by atoms with van der Waals surface area (Å²) in [5, 5.41) is 0. The topological polar surface area (TPSA) is 55.3 Å². The lowest BCUT2D eigenvalue weighted by Gasteiger charge is -2.32. The number of alkyl halides is 1. The molecular weight excluding hydrogens is 278 g/mol. The van der Waals surface area contributed by atoms with Crippen LogP contribution in [0.5, 0.6) is 0 Å². The van der Waals surface area contributed by atoms with Gasteiger partial charge in [0, 0.05) is 25.5 Å². The summed E-state index contributed by atoms with van der Waals surface area (Å²) in [5.41, 5.74) is 1.93. The van der Waals surface area contributed by atoms with Crippen LogP contribution in [-0.4, -0.2) is 52.5 Å². The van der Waals surface area contributed by atoms with Crippen molar-refractivity contribution in [1.82, 2.24) is 14.9 Å². The van der Waals surface area contributed by atoms with Gasteiger partial charge in [-0.1, -0.05) is 6.07 Å². The van der Waals surface area contributed by atoms with Gasteiger partial charge in [0.2, 0.25) is 0 Å². The van der Waals surface area contributed by atoms with Crippen LogP contribution in [0.1, 0.15) is 10.4 Å². The summed E-state index contributed by atoms with van der Waals surface area (Å²) >= 11 is 5.81. The van der Waals surface area contributed by atoms with Crippen LogP contribution >= 0.6 is 11.6 Å². The zero-order valence-electron chi connectivity index (χ0n) is 10.8. The van der Waals surface area contributed by atoms with E-state index in [1.807, 2.05) is 12.1 Å². The number of carbonyl (C=O) groups is 1. The Morgan fingerprint density at radius 1 is 1.40 bits per heavy atom. The van der Waals surface area contributed by atoms with Crippen molar-refractivity contribution >= 4 is 28.5 Å². The van der Waals surface area contributed by atoms with Gasteiger partial charge in [-0.25, -0.2) is 0 Å². The fraction of sp³-hybridized carbons (Fsp3) is 0.357. The van der Waals surface area contributed by atoms with E-state index in [2.05, 4.69) is 9.97 Å². The summed E-state index contributed by atoms with van der Waals surface area (Å²) < 4.78 is 5.48. The molecular formula is C14H14ClN3O2. The quantitative estimate of drug-likeness (QED) is 0.791. The Bertz CT molecular complexity index is 629. The van der Waals surface area contributed by atoms with Gasteiger partial charge in [-0.05, 0) is 12.1 Å². The Hall–Kier alpha value is -1.72. The maximum absolute atomic E-state index is 12.6. The number of hydrogen-bond donors (Lipinski definition) is 0. The number of morpholine rings is 1. The van der Waals surface area contributed by atoms with Gasteiger partial charge >= 0.3 is 0 Å². The van der Waals surface area contributed by atoms with Gasteiger partial charge < -0.3 is 9.64 Å². The molecule has 1 amide bonds. The van der Waals surface area contributed by atoms with Gasteiger partial charge in [-0.2, -0.15) is 0 Å². The minimum atomic E-state index is -0.101. The van der Waals surface area contributed by atoms with Gasteiger partial charge in [0.05, 0.1) is 29.7 Å². The molecule has 20 heavy (non-hydrogen) atoms. The van der Waals surface area contributed by atoms with Crippen molar-refractivity contribution in [2.75, 3.05) is 25.6 Å². The minimum absolute atomic E-state index is 0.0467. The standard InChI is InChI=1S/C14H14ClN3O2/c15-8-10-9-18(6-7-20-10)14(19)11-2-1-3-12-13(11)17-5-4-16-12/h1-5,10H,6-9H2. The summed E-state index contributed by atoms with van der Waals surface area (Å²) in [7, 11) is 0. The molecule has 0 radical (unpaired) electrons. The van der Waals surface area contributed by atoms with Gasteiger partial charge in [0.1, 0.15) is 5.52 Å². The van der Waals surface area contributed by atoms with Gasteiger partial charge in [0.25, 0.3) is 5.91 Å². The first-order valence-corrected chi connectivity index (χ1v) is 6.99. The highest BCUT2D eigenvalue weighted by Crippen LogP contribution is 2.18. The molecule has 104 valence electrons. The molecule has 1 aliphatic rings. The summed E-state index contributed by atoms with van der Waals surface area (Å²) in [4.78, 5) is 22.9. The third-order valence-corrected chi connectivity index (χ3v) is 3.67. The van der Waals surface area contributed by atoms with Crippen LogP contribution in [0.3, 0.4) is 0 Å². The van der Waals surface area contributed by atoms with E-state index in [1.165, 1.54) is 0 Å². The van der Waals surface area contributed by atoms with Crippen LogP contribution in [-0.2, 0) is 4.74 Å². The molecule has 0 saturated carbocycles. The minimum Gasteiger partial charge on any atom is -0.373 e. The number of halogens is 1. The largest absolute Gasteiger partial charge is 0.373 e. The summed E-state index contributed by atoms with van der Waals surface area (Å²) in [6.45, 7) is 1.60. The van der Waals surface area contributed by atoms with Crippen molar-refractivity contribution in [2.45, 2.75) is 6.10 Å². The van der Waals surface area contributed by atoms with Crippen LogP contribution in [0.2, 0.25) is 0 Å². The van der Waals surface area contributed by atoms with E-state index in [9.17, 15) is 4.79 Å². The zero-order chi connectivity index (χ0) is 13.9. The lowest BCUT2D eigenvalue weighted by atomic mass is 10.1. The molecule has 1 saturated heterocycles. The van der Waals surface area contributed by atoms with Crippen LogP contribution < -0.4 is 0 Å². The van der Waals surface area contributed by atoms with Crippen molar-refractivity contribution in [1.29, 1.82) is 0 Å². The first-order valence-electron chi connectivity index (χ1n) is 6.46. The van der Waals surface area contributed by atoms with Crippen LogP contribution in [0.4, 0.5) is 0 Å². The van der Waals surface area contributed by atoms with Crippen LogP contribution in [0.25, 0.3) is 11.0 Å². The van der Waals surface area contributed by atoms with Gasteiger partial charge in [-0.15, -0.1) is 11.6 Å². The van der Waals surface area contributed by atoms with Crippen molar-refractivity contribution in [3.8, 4) is 0 Å². The maximum atomic E-state index is 12.6. The first kappa shape index (κ1) is 13.3. The fourth-order valence-electron chi connectivity index (χ4n) is 2.33. The Labute approximate surface area is 121 Å². The average Bonchev–Trinajstić information content (AvgIpc) is 2.53. The lowest BCUT2D eigenvalue weighted by Crippen LogP contribution is -2.46. The smallest absolute Gasteiger partial charge is 0.256 e. The molecule has 1 aromatic heterocycles. The molecule has 2 aromatic rings. The van der Waals surface area contributed by atoms with E-state index in [-0.39, 0.29) is 12.0 Å². The molecule has 3 rings (SSSR count). The molecule has 0 spiro atoms. The number of amides is 1. The number of rotatable bonds is 2. The Balaban J connectivity index is 1.92. The number of benzene rings is 1. The van der Waals surface area contributed by atoms with E-state index in [4.69, 9.17) is 16.3 Å². The predicted molar refractivity (Wildman–Crippen MR) is 75.9 cm³/mol. The van der Waals surface area contributed by atoms with E-state index >= 15 is 0 Å². The number of nitrogens with zero attached hydrogens (tertiary/aromatic N) is 3. The van der Waals surface area contributed by atoms with Gasteiger partial charge in [0.15, 0.2) is 0 Å². The molecule has 6 heteroatoms. The molecule has 1 aromatic carbocycles. The number of aromatic nitrogens is 2. The van der Waals surface area contributed by atoms with E-state index < -0.39 is 0 Å². The first-order chi connectivity index (χ1) is 9.79. The van der Waals surface area contributed by atoms with Crippen molar-refractivity contribution in [3.63, 3.8) is 0 Å². The maximum Gasteiger partial charge on any atom is 0.256 e. The van der Waals surface area contributed by atoms with E-state index in [1.54, 1.807) is 23.4 Å². The molecule has 2 heterocycles. The van der Waals surface area contributed by atoms with E-state index in [0.717, 1.165) is 5.52 Å². The summed E-state index contributed by atoms with van der Waals surface area (Å²) in [6.07, 6.45) is 3.12. The summed E-state index contributed by atoms with van der Waals surface area (Å²) in [5.74, 6) is 0.341. The second-order valence-electron chi connectivity index (χ2n) is 4.63. The van der Waals surface area contributed by atoms with E-state index in [0.29, 0.717) is 36.7 Å². The number of carbonyl (C=O) groups excluding carboxylic acids is 1. The third-order valence-electron chi connectivity index (χ3n) is 3.33. The molecule has 1 fully saturated rings. The molecule has 5 nitrogen and oxygen atoms in total. The SMILES string of the molecule is O=C(c1cccc2nccnc12)N1CCOC(CCl)C1. The number of para-hydroxylation sites is 1. The number of hydrogen-bond acceptors (Lipinski definition) is 4. The Kier molecular flexibility index (Phi) is 3.80. The monoisotopic (exact) mass is 291 g/mol. The Morgan fingerprint density at radius 2 is 2.25 bits per heavy atom. The highest BCUT2D eigenvalue weighted by atomic mass is 35.5. The molecule has 1 unspecified atom stereocenters. The number of fused-ring (bicyclic) bond motifs is 1. The molecule has 1 aliphatic heterocycles. The average molecular weight is 292 g/mol. The lowest BCUT2D eigenvalue weighted by molar-refractivity contribution is -0.0107. The van der Waals surface area contributed by atoms with Crippen LogP contribution in [0.15, 0.2) is 30.6 Å². The van der Waals surface area contributed by atoms with Crippen molar-refractivity contribution in [3.05, 3.63) is 36.2 Å². The second-order valence-corrected chi connectivity index (χ2v) is 4.94. The van der Waals surface area contributed by atoms with Crippen LogP contribution in [0, 0.1) is 0 Å². The second kappa shape index (κ2) is 5.73. The molecule has 1 atom stereocenters. The van der Waals surface area contributed by atoms with Crippen molar-refractivity contribution < 1.29 is 9.53 Å². The Morgan fingerprint density at radius 3 is 3.10 bits per heavy atom. The highest BCUT2D eigenvalue weighted by molar-refractivity contribution is 6.18. The zero-order valence-corrected chi connectivity index (χ0v) is 11.6. The normalized spacial score (nSPS) is 19.2. The fourth-order valence-corrected chi connectivity index (χ4v) is 2.52. The predicted octanol–water partition coefficient (Wildman–Crippen LogP) is 1.71. The number of ether oxygens (including phenoxy) is 1. The molecule has 0 bridgehead atoms. The molecule has 0 aliphatic carbocycles. The third kappa shape index (κ3) is 2.46. The van der Waals surface area contributed by atoms with Crippen molar-refractivity contribution in [2.24, 2.45) is 0 Å². The highest BCUT2D eigenvalue weighted by Gasteiger charge is 2.25. The summed E-state index contributed by atoms with van der Waals surface area (Å²) in [6, 6.07) is 5.45. The molecule has 0 N–H and O–H groups in total.